The zero-order valence-corrected chi connectivity index (χ0v) is 21.6. The average molecular weight is 511 g/mol. The van der Waals surface area contributed by atoms with Crippen LogP contribution in [0.5, 0.6) is 0 Å². The van der Waals surface area contributed by atoms with Crippen molar-refractivity contribution in [1.29, 1.82) is 0 Å². The van der Waals surface area contributed by atoms with Crippen LogP contribution in [0.3, 0.4) is 0 Å². The van der Waals surface area contributed by atoms with Gasteiger partial charge in [0, 0.05) is 25.9 Å². The minimum atomic E-state index is -0.646. The van der Waals surface area contributed by atoms with E-state index in [1.807, 2.05) is 66.7 Å². The third-order valence-corrected chi connectivity index (χ3v) is 6.65. The fraction of sp³-hybridized carbons (Fsp3) is 0.310. The van der Waals surface area contributed by atoms with E-state index < -0.39 is 6.04 Å². The molecule has 1 atom stereocenters. The van der Waals surface area contributed by atoms with Crippen LogP contribution >= 0.6 is 23.2 Å². The lowest BCUT2D eigenvalue weighted by molar-refractivity contribution is -0.141. The molecule has 6 heteroatoms. The maximum Gasteiger partial charge on any atom is 0.243 e. The number of unbranched alkanes of at least 4 members (excludes halogenated alkanes) is 1. The van der Waals surface area contributed by atoms with Crippen molar-refractivity contribution in [3.05, 3.63) is 106 Å². The highest BCUT2D eigenvalue weighted by Crippen LogP contribution is 2.24. The quantitative estimate of drug-likeness (QED) is 0.283. The van der Waals surface area contributed by atoms with E-state index in [2.05, 4.69) is 12.2 Å². The Balaban J connectivity index is 1.90. The topological polar surface area (TPSA) is 49.4 Å². The lowest BCUT2D eigenvalue weighted by Gasteiger charge is -2.32. The maximum atomic E-state index is 13.6. The monoisotopic (exact) mass is 510 g/mol. The first-order chi connectivity index (χ1) is 17.0. The summed E-state index contributed by atoms with van der Waals surface area (Å²) in [6, 6.07) is 24.4. The largest absolute Gasteiger partial charge is 0.354 e. The van der Waals surface area contributed by atoms with Crippen LogP contribution in [0.25, 0.3) is 0 Å². The van der Waals surface area contributed by atoms with E-state index in [9.17, 15) is 9.59 Å². The van der Waals surface area contributed by atoms with Gasteiger partial charge >= 0.3 is 0 Å². The second kappa shape index (κ2) is 13.9. The molecule has 0 unspecified atom stereocenters. The van der Waals surface area contributed by atoms with E-state index >= 15 is 0 Å². The van der Waals surface area contributed by atoms with Crippen LogP contribution in [-0.4, -0.2) is 29.3 Å². The van der Waals surface area contributed by atoms with Gasteiger partial charge in [-0.05, 0) is 41.7 Å². The van der Waals surface area contributed by atoms with Crippen molar-refractivity contribution in [3.8, 4) is 0 Å². The van der Waals surface area contributed by atoms with Gasteiger partial charge in [0.05, 0.1) is 10.0 Å². The van der Waals surface area contributed by atoms with E-state index in [-0.39, 0.29) is 18.4 Å². The standard InChI is InChI=1S/C29H32Cl2N2O2/c1-2-3-18-32-29(35)27(20-23-12-8-5-9-13-23)33(21-24-14-16-25(30)26(31)19-24)28(34)17-15-22-10-6-4-7-11-22/h4-14,16,19,27H,2-3,15,17-18,20-21H2,1H3,(H,32,35)/t27-/m0/s1. The summed E-state index contributed by atoms with van der Waals surface area (Å²) >= 11 is 12.4. The first-order valence-corrected chi connectivity index (χ1v) is 12.8. The molecule has 0 bridgehead atoms. The number of carbonyl (C=O) groups is 2. The number of hydrogen-bond acceptors (Lipinski definition) is 2. The van der Waals surface area contributed by atoms with Crippen molar-refractivity contribution in [2.45, 2.75) is 51.6 Å². The first kappa shape index (κ1) is 26.8. The molecular weight excluding hydrogens is 479 g/mol. The molecule has 0 saturated carbocycles. The van der Waals surface area contributed by atoms with E-state index in [0.717, 1.165) is 29.5 Å². The van der Waals surface area contributed by atoms with Crippen molar-refractivity contribution in [3.63, 3.8) is 0 Å². The molecule has 0 aromatic heterocycles. The van der Waals surface area contributed by atoms with Gasteiger partial charge in [-0.2, -0.15) is 0 Å². The average Bonchev–Trinajstić information content (AvgIpc) is 2.88. The van der Waals surface area contributed by atoms with Gasteiger partial charge < -0.3 is 10.2 Å². The molecule has 0 aliphatic heterocycles. The number of hydrogen-bond donors (Lipinski definition) is 1. The SMILES string of the molecule is CCCCNC(=O)[C@H](Cc1ccccc1)N(Cc1ccc(Cl)c(Cl)c1)C(=O)CCc1ccccc1. The number of nitrogens with one attached hydrogen (secondary N) is 1. The molecule has 3 rings (SSSR count). The summed E-state index contributed by atoms with van der Waals surface area (Å²) < 4.78 is 0. The van der Waals surface area contributed by atoms with Crippen LogP contribution in [0, 0.1) is 0 Å². The fourth-order valence-corrected chi connectivity index (χ4v) is 4.26. The number of rotatable bonds is 12. The highest BCUT2D eigenvalue weighted by molar-refractivity contribution is 6.42. The van der Waals surface area contributed by atoms with Crippen LogP contribution in [0.15, 0.2) is 78.9 Å². The van der Waals surface area contributed by atoms with Gasteiger partial charge in [-0.15, -0.1) is 0 Å². The van der Waals surface area contributed by atoms with Gasteiger partial charge in [-0.3, -0.25) is 9.59 Å². The molecule has 0 aliphatic rings. The predicted molar refractivity (Wildman–Crippen MR) is 144 cm³/mol. The number of nitrogens with zero attached hydrogens (tertiary/aromatic N) is 1. The molecule has 2 amide bonds. The number of carbonyl (C=O) groups excluding carboxylic acids is 2. The van der Waals surface area contributed by atoms with Gasteiger partial charge in [0.2, 0.25) is 11.8 Å². The summed E-state index contributed by atoms with van der Waals surface area (Å²) in [6.07, 6.45) is 3.20. The Kier molecular flexibility index (Phi) is 10.6. The summed E-state index contributed by atoms with van der Waals surface area (Å²) in [5.41, 5.74) is 2.91. The third kappa shape index (κ3) is 8.41. The Bertz CT molecular complexity index is 1090. The minimum absolute atomic E-state index is 0.0773. The molecule has 0 radical (unpaired) electrons. The molecule has 184 valence electrons. The molecular formula is C29H32Cl2N2O2. The number of amides is 2. The lowest BCUT2D eigenvalue weighted by Crippen LogP contribution is -2.50. The Morgan fingerprint density at radius 2 is 1.51 bits per heavy atom. The fourth-order valence-electron chi connectivity index (χ4n) is 3.93. The van der Waals surface area contributed by atoms with Crippen LogP contribution in [0.4, 0.5) is 0 Å². The highest BCUT2D eigenvalue weighted by atomic mass is 35.5. The van der Waals surface area contributed by atoms with Crippen molar-refractivity contribution in [1.82, 2.24) is 10.2 Å². The molecule has 3 aromatic carbocycles. The summed E-state index contributed by atoms with van der Waals surface area (Å²) in [5.74, 6) is -0.220. The van der Waals surface area contributed by atoms with Crippen molar-refractivity contribution in [2.24, 2.45) is 0 Å². The zero-order chi connectivity index (χ0) is 25.0. The van der Waals surface area contributed by atoms with Crippen LogP contribution in [-0.2, 0) is 29.0 Å². The first-order valence-electron chi connectivity index (χ1n) is 12.1. The van der Waals surface area contributed by atoms with Crippen LogP contribution in [0.1, 0.15) is 42.9 Å². The molecule has 35 heavy (non-hydrogen) atoms. The molecule has 3 aromatic rings. The third-order valence-electron chi connectivity index (χ3n) is 5.91. The summed E-state index contributed by atoms with van der Waals surface area (Å²) in [7, 11) is 0. The van der Waals surface area contributed by atoms with E-state index in [4.69, 9.17) is 23.2 Å². The Morgan fingerprint density at radius 1 is 0.857 bits per heavy atom. The molecule has 0 spiro atoms. The Morgan fingerprint density at radius 3 is 2.14 bits per heavy atom. The number of benzene rings is 3. The summed E-state index contributed by atoms with van der Waals surface area (Å²) in [6.45, 7) is 2.93. The zero-order valence-electron chi connectivity index (χ0n) is 20.1. The van der Waals surface area contributed by atoms with Gasteiger partial charge in [-0.25, -0.2) is 0 Å². The van der Waals surface area contributed by atoms with Crippen molar-refractivity contribution >= 4 is 35.0 Å². The molecule has 0 fully saturated rings. The Hall–Kier alpha value is -2.82. The predicted octanol–water partition coefficient (Wildman–Crippen LogP) is 6.48. The maximum absolute atomic E-state index is 13.6. The van der Waals surface area contributed by atoms with Crippen LogP contribution < -0.4 is 5.32 Å². The highest BCUT2D eigenvalue weighted by Gasteiger charge is 2.30. The van der Waals surface area contributed by atoms with Crippen molar-refractivity contribution in [2.75, 3.05) is 6.54 Å². The van der Waals surface area contributed by atoms with E-state index in [1.54, 1.807) is 17.0 Å². The normalized spacial score (nSPS) is 11.6. The van der Waals surface area contributed by atoms with Gasteiger partial charge in [-0.1, -0.05) is 103 Å². The summed E-state index contributed by atoms with van der Waals surface area (Å²) in [5, 5.41) is 3.92. The summed E-state index contributed by atoms with van der Waals surface area (Å²) in [4.78, 5) is 28.7. The molecule has 4 nitrogen and oxygen atoms in total. The molecule has 0 saturated heterocycles. The minimum Gasteiger partial charge on any atom is -0.354 e. The Labute approximate surface area is 218 Å². The van der Waals surface area contributed by atoms with E-state index in [1.165, 1.54) is 0 Å². The second-order valence-electron chi connectivity index (χ2n) is 8.61. The van der Waals surface area contributed by atoms with E-state index in [0.29, 0.717) is 35.9 Å². The molecule has 1 N–H and O–H groups in total. The van der Waals surface area contributed by atoms with Gasteiger partial charge in [0.1, 0.15) is 6.04 Å². The molecule has 0 heterocycles. The lowest BCUT2D eigenvalue weighted by atomic mass is 10.0. The smallest absolute Gasteiger partial charge is 0.243 e. The van der Waals surface area contributed by atoms with Gasteiger partial charge in [0.25, 0.3) is 0 Å². The number of halogens is 2. The molecule has 0 aliphatic carbocycles. The van der Waals surface area contributed by atoms with Gasteiger partial charge in [0.15, 0.2) is 0 Å². The van der Waals surface area contributed by atoms with Crippen molar-refractivity contribution < 1.29 is 9.59 Å². The second-order valence-corrected chi connectivity index (χ2v) is 9.42. The van der Waals surface area contributed by atoms with Crippen LogP contribution in [0.2, 0.25) is 10.0 Å². The number of aryl methyl sites for hydroxylation is 1.